The zero-order chi connectivity index (χ0) is 32.1. The Labute approximate surface area is 252 Å². The van der Waals surface area contributed by atoms with Crippen LogP contribution < -0.4 is 10.6 Å². The number of amides is 2. The number of hydrogen-bond acceptors (Lipinski definition) is 6. The van der Waals surface area contributed by atoms with Gasteiger partial charge in [0.15, 0.2) is 5.65 Å². The van der Waals surface area contributed by atoms with Crippen LogP contribution in [0.15, 0.2) is 24.7 Å². The van der Waals surface area contributed by atoms with Crippen molar-refractivity contribution in [3.8, 4) is 0 Å². The number of imidazole rings is 1. The first-order valence-corrected chi connectivity index (χ1v) is 14.8. The van der Waals surface area contributed by atoms with Crippen LogP contribution in [0.25, 0.3) is 5.65 Å². The molecule has 0 aliphatic heterocycles. The first-order valence-electron chi connectivity index (χ1n) is 14.8. The molecule has 10 nitrogen and oxygen atoms in total. The molecule has 3 aliphatic carbocycles. The molecule has 45 heavy (non-hydrogen) atoms. The molecule has 1 unspecified atom stereocenters. The molecule has 244 valence electrons. The molecule has 3 aromatic heterocycles. The highest BCUT2D eigenvalue weighted by atomic mass is 19.4. The molecule has 3 aromatic rings. The van der Waals surface area contributed by atoms with Gasteiger partial charge >= 0.3 is 6.18 Å². The average molecular weight is 645 g/mol. The number of hydrogen-bond donors (Lipinski definition) is 2. The molecule has 2 amide bonds. The Balaban J connectivity index is 1.24. The topological polar surface area (TPSA) is 119 Å². The predicted molar refractivity (Wildman–Crippen MR) is 142 cm³/mol. The van der Waals surface area contributed by atoms with E-state index in [1.165, 1.54) is 10.7 Å². The number of alkyl halides is 7. The zero-order valence-electron chi connectivity index (χ0n) is 23.9. The summed E-state index contributed by atoms with van der Waals surface area (Å²) in [6.07, 6.45) is -1.56. The molecule has 0 aromatic carbocycles. The Morgan fingerprint density at radius 1 is 1.00 bits per heavy atom. The summed E-state index contributed by atoms with van der Waals surface area (Å²) < 4.78 is 95.5. The van der Waals surface area contributed by atoms with Gasteiger partial charge in [-0.1, -0.05) is 5.21 Å². The Bertz CT molecular complexity index is 1560. The Kier molecular flexibility index (Phi) is 8.00. The maximum absolute atomic E-state index is 14.0. The van der Waals surface area contributed by atoms with Crippen LogP contribution in [0, 0.1) is 17.8 Å². The standard InChI is InChI=1S/C28H31F7N8O2/c29-26(30)6-3-16(4-7-26)24(40-25(45)20-12-36-41-42(20)13-18-10-27(18,31)32)19-14-43-21(38-19)9-17(11-37-43)23(15-1-2-15)39-22(44)5-8-28(33,34)35/h9,11-12,14-16,18,23-24H,1-8,10,13H2,(H,39,44)(H,40,45)/t18?,23-,24+/m1/s1. The average Bonchev–Trinajstić information content (AvgIpc) is 3.78. The van der Waals surface area contributed by atoms with Gasteiger partial charge in [-0.05, 0) is 49.1 Å². The van der Waals surface area contributed by atoms with E-state index < -0.39 is 66.6 Å². The van der Waals surface area contributed by atoms with E-state index in [1.807, 2.05) is 0 Å². The molecule has 2 N–H and O–H groups in total. The van der Waals surface area contributed by atoms with Gasteiger partial charge in [0, 0.05) is 31.6 Å². The molecule has 3 saturated carbocycles. The van der Waals surface area contributed by atoms with Gasteiger partial charge < -0.3 is 10.6 Å². The van der Waals surface area contributed by atoms with Crippen LogP contribution in [-0.4, -0.2) is 59.4 Å². The van der Waals surface area contributed by atoms with Crippen LogP contribution in [0.1, 0.15) is 91.6 Å². The lowest BCUT2D eigenvalue weighted by atomic mass is 9.81. The molecule has 0 radical (unpaired) electrons. The molecule has 3 heterocycles. The molecule has 3 aliphatic rings. The van der Waals surface area contributed by atoms with E-state index in [0.29, 0.717) is 16.9 Å². The van der Waals surface area contributed by atoms with Crippen molar-refractivity contribution < 1.29 is 40.3 Å². The first-order chi connectivity index (χ1) is 21.2. The van der Waals surface area contributed by atoms with Crippen molar-refractivity contribution in [1.82, 2.24) is 40.2 Å². The second-order valence-corrected chi connectivity index (χ2v) is 12.4. The number of halogens is 7. The maximum atomic E-state index is 14.0. The molecule has 0 spiro atoms. The van der Waals surface area contributed by atoms with Crippen LogP contribution >= 0.6 is 0 Å². The van der Waals surface area contributed by atoms with E-state index >= 15 is 0 Å². The van der Waals surface area contributed by atoms with Crippen LogP contribution in [0.3, 0.4) is 0 Å². The fourth-order valence-corrected chi connectivity index (χ4v) is 5.92. The minimum absolute atomic E-state index is 0.0310. The normalized spacial score (nSPS) is 22.6. The highest BCUT2D eigenvalue weighted by molar-refractivity contribution is 5.92. The van der Waals surface area contributed by atoms with Gasteiger partial charge in [0.05, 0.1) is 49.3 Å². The fourth-order valence-electron chi connectivity index (χ4n) is 5.92. The summed E-state index contributed by atoms with van der Waals surface area (Å²) >= 11 is 0. The Morgan fingerprint density at radius 3 is 2.33 bits per heavy atom. The number of nitrogens with zero attached hydrogens (tertiary/aromatic N) is 6. The molecule has 0 bridgehead atoms. The van der Waals surface area contributed by atoms with E-state index in [9.17, 15) is 40.3 Å². The molecular weight excluding hydrogens is 613 g/mol. The summed E-state index contributed by atoms with van der Waals surface area (Å²) in [5, 5.41) is 17.4. The molecule has 3 atom stereocenters. The molecule has 6 rings (SSSR count). The smallest absolute Gasteiger partial charge is 0.349 e. The van der Waals surface area contributed by atoms with Crippen LogP contribution in [0.4, 0.5) is 30.7 Å². The lowest BCUT2D eigenvalue weighted by Crippen LogP contribution is -2.38. The molecule has 0 saturated heterocycles. The number of fused-ring (bicyclic) bond motifs is 1. The quantitative estimate of drug-likeness (QED) is 0.278. The van der Waals surface area contributed by atoms with Crippen molar-refractivity contribution in [2.24, 2.45) is 17.8 Å². The summed E-state index contributed by atoms with van der Waals surface area (Å²) in [5.74, 6) is -8.43. The van der Waals surface area contributed by atoms with E-state index in [0.717, 1.165) is 23.7 Å². The third kappa shape index (κ3) is 7.38. The van der Waals surface area contributed by atoms with Gasteiger partial charge in [0.2, 0.25) is 11.8 Å². The fraction of sp³-hybridized carbons (Fsp3) is 0.643. The van der Waals surface area contributed by atoms with Crippen molar-refractivity contribution in [2.45, 2.75) is 94.4 Å². The summed E-state index contributed by atoms with van der Waals surface area (Å²) in [5.41, 5.74) is 1.14. The van der Waals surface area contributed by atoms with Crippen LogP contribution in [-0.2, 0) is 11.3 Å². The zero-order valence-corrected chi connectivity index (χ0v) is 23.9. The van der Waals surface area contributed by atoms with Gasteiger partial charge in [0.1, 0.15) is 5.69 Å². The SMILES string of the molecule is O=C(CCC(F)(F)F)N[C@@H](c1cnn2cc([C@@H](NC(=O)c3cnnn3CC3CC3(F)F)C3CCC(F)(F)CC3)nc2c1)C1CC1. The number of carbonyl (C=O) groups excluding carboxylic acids is 2. The predicted octanol–water partition coefficient (Wildman–Crippen LogP) is 5.18. The number of rotatable bonds is 11. The van der Waals surface area contributed by atoms with Crippen molar-refractivity contribution >= 4 is 17.5 Å². The number of nitrogens with one attached hydrogen (secondary N) is 2. The van der Waals surface area contributed by atoms with Gasteiger partial charge in [-0.15, -0.1) is 5.10 Å². The Hall–Kier alpha value is -3.79. The molecule has 3 fully saturated rings. The summed E-state index contributed by atoms with van der Waals surface area (Å²) in [4.78, 5) is 30.3. The molecule has 17 heteroatoms. The minimum Gasteiger partial charge on any atom is -0.349 e. The van der Waals surface area contributed by atoms with Crippen molar-refractivity contribution in [3.63, 3.8) is 0 Å². The lowest BCUT2D eigenvalue weighted by molar-refractivity contribution is -0.144. The van der Waals surface area contributed by atoms with E-state index in [2.05, 4.69) is 31.0 Å². The second-order valence-electron chi connectivity index (χ2n) is 12.4. The van der Waals surface area contributed by atoms with Gasteiger partial charge in [-0.25, -0.2) is 31.7 Å². The lowest BCUT2D eigenvalue weighted by Gasteiger charge is -2.33. The van der Waals surface area contributed by atoms with E-state index in [-0.39, 0.29) is 50.3 Å². The minimum atomic E-state index is -4.46. The molecular formula is C28H31F7N8O2. The van der Waals surface area contributed by atoms with Gasteiger partial charge in [0.25, 0.3) is 11.8 Å². The Morgan fingerprint density at radius 2 is 1.69 bits per heavy atom. The second kappa shape index (κ2) is 11.5. The summed E-state index contributed by atoms with van der Waals surface area (Å²) in [7, 11) is 0. The number of carbonyl (C=O) groups is 2. The largest absolute Gasteiger partial charge is 0.389 e. The van der Waals surface area contributed by atoms with E-state index in [4.69, 9.17) is 0 Å². The van der Waals surface area contributed by atoms with Crippen LogP contribution in [0.5, 0.6) is 0 Å². The highest BCUT2D eigenvalue weighted by Crippen LogP contribution is 2.49. The van der Waals surface area contributed by atoms with Gasteiger partial charge in [-0.2, -0.15) is 18.3 Å². The third-order valence-corrected chi connectivity index (χ3v) is 8.80. The van der Waals surface area contributed by atoms with Crippen molar-refractivity contribution in [2.75, 3.05) is 0 Å². The van der Waals surface area contributed by atoms with Crippen LogP contribution in [0.2, 0.25) is 0 Å². The maximum Gasteiger partial charge on any atom is 0.389 e. The summed E-state index contributed by atoms with van der Waals surface area (Å²) in [6, 6.07) is 0.239. The monoisotopic (exact) mass is 644 g/mol. The third-order valence-electron chi connectivity index (χ3n) is 8.80. The number of aromatic nitrogens is 6. The van der Waals surface area contributed by atoms with Crippen molar-refractivity contribution in [3.05, 3.63) is 41.6 Å². The first kappa shape index (κ1) is 31.2. The van der Waals surface area contributed by atoms with E-state index in [1.54, 1.807) is 12.3 Å². The van der Waals surface area contributed by atoms with Crippen molar-refractivity contribution in [1.29, 1.82) is 0 Å². The van der Waals surface area contributed by atoms with Gasteiger partial charge in [-0.3, -0.25) is 9.59 Å². The highest BCUT2D eigenvalue weighted by Gasteiger charge is 2.57. The summed E-state index contributed by atoms with van der Waals surface area (Å²) in [6.45, 7) is -0.202.